The molecule has 0 atom stereocenters. The first-order valence-electron chi connectivity index (χ1n) is 10.1. The Kier molecular flexibility index (Phi) is 5.21. The first-order chi connectivity index (χ1) is 13.4. The second-order valence-electron chi connectivity index (χ2n) is 8.96. The highest BCUT2D eigenvalue weighted by Crippen LogP contribution is 2.61. The van der Waals surface area contributed by atoms with Gasteiger partial charge in [-0.2, -0.15) is 0 Å². The van der Waals surface area contributed by atoms with E-state index in [2.05, 4.69) is 5.32 Å². The normalized spacial score (nSPS) is 30.1. The van der Waals surface area contributed by atoms with Crippen molar-refractivity contribution < 1.29 is 23.5 Å². The van der Waals surface area contributed by atoms with E-state index in [-0.39, 0.29) is 23.4 Å². The molecule has 1 aromatic carbocycles. The second kappa shape index (κ2) is 7.64. The number of esters is 1. The van der Waals surface area contributed by atoms with Crippen LogP contribution in [0, 0.1) is 29.0 Å². The predicted octanol–water partition coefficient (Wildman–Crippen LogP) is 3.27. The maximum atomic E-state index is 12.9. The van der Waals surface area contributed by atoms with Gasteiger partial charge >= 0.3 is 5.97 Å². The maximum Gasteiger partial charge on any atom is 0.325 e. The number of ether oxygens (including phenoxy) is 1. The molecule has 4 saturated carbocycles. The summed E-state index contributed by atoms with van der Waals surface area (Å²) >= 11 is 0. The summed E-state index contributed by atoms with van der Waals surface area (Å²) < 4.78 is 17.8. The number of ketones is 1. The Morgan fingerprint density at radius 2 is 1.57 bits per heavy atom. The highest BCUT2D eigenvalue weighted by molar-refractivity contribution is 5.98. The molecule has 0 spiro atoms. The van der Waals surface area contributed by atoms with Gasteiger partial charge < -0.3 is 10.1 Å². The number of amides is 1. The Labute approximate surface area is 164 Å². The third-order valence-corrected chi connectivity index (χ3v) is 6.66. The molecule has 28 heavy (non-hydrogen) atoms. The molecule has 1 aromatic rings. The van der Waals surface area contributed by atoms with Crippen molar-refractivity contribution in [1.82, 2.24) is 5.32 Å². The van der Waals surface area contributed by atoms with Crippen molar-refractivity contribution in [2.45, 2.75) is 44.9 Å². The van der Waals surface area contributed by atoms with Crippen LogP contribution in [0.2, 0.25) is 0 Å². The zero-order chi connectivity index (χ0) is 19.7. The lowest BCUT2D eigenvalue weighted by atomic mass is 9.49. The van der Waals surface area contributed by atoms with Gasteiger partial charge in [-0.15, -0.1) is 0 Å². The summed E-state index contributed by atoms with van der Waals surface area (Å²) in [5.41, 5.74) is 0.404. The van der Waals surface area contributed by atoms with Crippen molar-refractivity contribution in [1.29, 1.82) is 0 Å². The summed E-state index contributed by atoms with van der Waals surface area (Å²) in [5, 5.41) is 2.65. The van der Waals surface area contributed by atoms with E-state index < -0.39 is 24.2 Å². The highest BCUT2D eigenvalue weighted by Gasteiger charge is 2.51. The standard InChI is InChI=1S/C22H26FNO4/c23-18-3-1-17(2-4-18)19(25)13-28-21(27)12-24-20(26)11-22-8-14-5-15(9-22)7-16(6-14)10-22/h1-4,14-16H,5-13H2,(H,24,26). The number of carbonyl (C=O) groups is 3. The van der Waals surface area contributed by atoms with Crippen LogP contribution in [0.5, 0.6) is 0 Å². The number of Topliss-reactive ketones (excluding diaryl/α,β-unsaturated/α-hetero) is 1. The third kappa shape index (κ3) is 4.26. The van der Waals surface area contributed by atoms with Gasteiger partial charge in [0, 0.05) is 12.0 Å². The molecule has 4 aliphatic rings. The number of hydrogen-bond donors (Lipinski definition) is 1. The molecular weight excluding hydrogens is 361 g/mol. The van der Waals surface area contributed by atoms with Gasteiger partial charge in [0.15, 0.2) is 12.4 Å². The number of carbonyl (C=O) groups excluding carboxylic acids is 3. The van der Waals surface area contributed by atoms with Crippen LogP contribution in [-0.2, 0) is 14.3 Å². The van der Waals surface area contributed by atoms with Crippen molar-refractivity contribution in [3.05, 3.63) is 35.6 Å². The average molecular weight is 387 g/mol. The van der Waals surface area contributed by atoms with Crippen LogP contribution in [0.4, 0.5) is 4.39 Å². The van der Waals surface area contributed by atoms with Crippen LogP contribution in [0.25, 0.3) is 0 Å². The minimum absolute atomic E-state index is 0.108. The molecule has 5 nitrogen and oxygen atoms in total. The van der Waals surface area contributed by atoms with E-state index in [0.717, 1.165) is 37.0 Å². The lowest BCUT2D eigenvalue weighted by molar-refractivity contribution is -0.143. The molecule has 0 saturated heterocycles. The summed E-state index contributed by atoms with van der Waals surface area (Å²) in [6.45, 7) is -0.656. The quantitative estimate of drug-likeness (QED) is 0.576. The lowest BCUT2D eigenvalue weighted by Gasteiger charge is -2.56. The molecule has 0 radical (unpaired) electrons. The van der Waals surface area contributed by atoms with Crippen molar-refractivity contribution in [2.75, 3.05) is 13.2 Å². The summed E-state index contributed by atoms with van der Waals surface area (Å²) in [6.07, 6.45) is 7.90. The molecule has 0 aromatic heterocycles. The molecule has 0 aliphatic heterocycles. The zero-order valence-electron chi connectivity index (χ0n) is 15.9. The fraction of sp³-hybridized carbons (Fsp3) is 0.591. The van der Waals surface area contributed by atoms with Crippen LogP contribution < -0.4 is 5.32 Å². The number of benzene rings is 1. The van der Waals surface area contributed by atoms with Gasteiger partial charge in [0.1, 0.15) is 12.4 Å². The first-order valence-corrected chi connectivity index (χ1v) is 10.1. The summed E-state index contributed by atoms with van der Waals surface area (Å²) in [5.74, 6) is 0.742. The van der Waals surface area contributed by atoms with Gasteiger partial charge in [0.05, 0.1) is 0 Å². The van der Waals surface area contributed by atoms with Crippen LogP contribution in [-0.4, -0.2) is 30.8 Å². The Morgan fingerprint density at radius 3 is 2.14 bits per heavy atom. The van der Waals surface area contributed by atoms with Crippen LogP contribution in [0.1, 0.15) is 55.3 Å². The molecule has 0 heterocycles. The molecule has 0 unspecified atom stereocenters. The van der Waals surface area contributed by atoms with Crippen molar-refractivity contribution in [3.8, 4) is 0 Å². The zero-order valence-corrected chi connectivity index (χ0v) is 15.9. The summed E-state index contributed by atoms with van der Waals surface area (Å²) in [7, 11) is 0. The third-order valence-electron chi connectivity index (χ3n) is 6.66. The number of hydrogen-bond acceptors (Lipinski definition) is 4. The number of nitrogens with one attached hydrogen (secondary N) is 1. The first kappa shape index (κ1) is 19.1. The maximum absolute atomic E-state index is 12.9. The molecular formula is C22H26FNO4. The smallest absolute Gasteiger partial charge is 0.325 e. The molecule has 1 amide bonds. The van der Waals surface area contributed by atoms with E-state index in [1.807, 2.05) is 0 Å². The molecule has 5 rings (SSSR count). The second-order valence-corrected chi connectivity index (χ2v) is 8.96. The topological polar surface area (TPSA) is 72.5 Å². The molecule has 6 heteroatoms. The van der Waals surface area contributed by atoms with Gasteiger partial charge in [-0.25, -0.2) is 4.39 Å². The van der Waals surface area contributed by atoms with Crippen LogP contribution in [0.3, 0.4) is 0 Å². The molecule has 150 valence electrons. The van der Waals surface area contributed by atoms with Crippen LogP contribution in [0.15, 0.2) is 24.3 Å². The summed E-state index contributed by atoms with van der Waals surface area (Å²) in [4.78, 5) is 36.2. The average Bonchev–Trinajstić information content (AvgIpc) is 2.63. The van der Waals surface area contributed by atoms with Gasteiger partial charge in [-0.05, 0) is 86.0 Å². The van der Waals surface area contributed by atoms with Crippen molar-refractivity contribution in [3.63, 3.8) is 0 Å². The van der Waals surface area contributed by atoms with Gasteiger partial charge in [-0.3, -0.25) is 14.4 Å². The minimum Gasteiger partial charge on any atom is -0.456 e. The fourth-order valence-corrected chi connectivity index (χ4v) is 6.00. The molecule has 1 N–H and O–H groups in total. The van der Waals surface area contributed by atoms with E-state index in [1.54, 1.807) is 0 Å². The summed E-state index contributed by atoms with van der Waals surface area (Å²) in [6, 6.07) is 5.05. The number of halogens is 1. The van der Waals surface area contributed by atoms with E-state index in [0.29, 0.717) is 6.42 Å². The fourth-order valence-electron chi connectivity index (χ4n) is 6.00. The predicted molar refractivity (Wildman–Crippen MR) is 99.9 cm³/mol. The van der Waals surface area contributed by atoms with E-state index in [4.69, 9.17) is 4.74 Å². The Morgan fingerprint density at radius 1 is 1.00 bits per heavy atom. The van der Waals surface area contributed by atoms with Gasteiger partial charge in [0.25, 0.3) is 0 Å². The van der Waals surface area contributed by atoms with Crippen molar-refractivity contribution in [2.24, 2.45) is 23.2 Å². The Bertz CT molecular complexity index is 738. The van der Waals surface area contributed by atoms with Gasteiger partial charge in [0.2, 0.25) is 5.91 Å². The Hall–Kier alpha value is -2.24. The highest BCUT2D eigenvalue weighted by atomic mass is 19.1. The van der Waals surface area contributed by atoms with Gasteiger partial charge in [-0.1, -0.05) is 0 Å². The minimum atomic E-state index is -0.644. The molecule has 4 bridgehead atoms. The molecule has 4 aliphatic carbocycles. The van der Waals surface area contributed by atoms with Crippen molar-refractivity contribution >= 4 is 17.7 Å². The van der Waals surface area contributed by atoms with E-state index in [9.17, 15) is 18.8 Å². The van der Waals surface area contributed by atoms with Crippen LogP contribution >= 0.6 is 0 Å². The lowest BCUT2D eigenvalue weighted by Crippen LogP contribution is -2.48. The van der Waals surface area contributed by atoms with E-state index >= 15 is 0 Å². The molecule has 4 fully saturated rings. The Balaban J connectivity index is 1.20. The number of rotatable bonds is 7. The largest absolute Gasteiger partial charge is 0.456 e. The van der Waals surface area contributed by atoms with E-state index in [1.165, 1.54) is 43.5 Å². The SMILES string of the molecule is O=C(CC12CC3CC(CC(C3)C1)C2)NCC(=O)OCC(=O)c1ccc(F)cc1. The monoisotopic (exact) mass is 387 g/mol.